The van der Waals surface area contributed by atoms with Crippen LogP contribution < -0.4 is 0 Å². The second kappa shape index (κ2) is 4.27. The van der Waals surface area contributed by atoms with Crippen LogP contribution in [-0.2, 0) is 0 Å². The second-order valence-corrected chi connectivity index (χ2v) is 4.33. The highest BCUT2D eigenvalue weighted by molar-refractivity contribution is 4.84. The fourth-order valence-electron chi connectivity index (χ4n) is 2.34. The molecule has 0 spiro atoms. The van der Waals surface area contributed by atoms with Gasteiger partial charge in [0.1, 0.15) is 0 Å². The standard InChI is InChI=1S/C11H22O/c1-3-7-11(12)8-5-10(4-2)6-9-11/h10,12H,3-9H2,1-2H3. The zero-order valence-electron chi connectivity index (χ0n) is 8.47. The predicted octanol–water partition coefficient (Wildman–Crippen LogP) is 3.12. The van der Waals surface area contributed by atoms with Crippen LogP contribution in [0.3, 0.4) is 0 Å². The van der Waals surface area contributed by atoms with Gasteiger partial charge in [0.2, 0.25) is 0 Å². The van der Waals surface area contributed by atoms with Crippen molar-refractivity contribution in [2.45, 2.75) is 64.4 Å². The summed E-state index contributed by atoms with van der Waals surface area (Å²) in [7, 11) is 0. The first-order valence-corrected chi connectivity index (χ1v) is 5.42. The van der Waals surface area contributed by atoms with Crippen LogP contribution in [0.1, 0.15) is 58.8 Å². The monoisotopic (exact) mass is 170 g/mol. The molecule has 1 rings (SSSR count). The zero-order chi connectivity index (χ0) is 9.03. The molecular formula is C11H22O. The summed E-state index contributed by atoms with van der Waals surface area (Å²) in [6, 6.07) is 0. The lowest BCUT2D eigenvalue weighted by Crippen LogP contribution is -2.33. The molecule has 0 heterocycles. The quantitative estimate of drug-likeness (QED) is 0.690. The van der Waals surface area contributed by atoms with E-state index in [-0.39, 0.29) is 5.60 Å². The summed E-state index contributed by atoms with van der Waals surface area (Å²) in [5, 5.41) is 10.1. The molecule has 0 radical (unpaired) electrons. The van der Waals surface area contributed by atoms with Crippen LogP contribution in [0, 0.1) is 5.92 Å². The molecule has 1 heteroatoms. The third-order valence-corrected chi connectivity index (χ3v) is 3.33. The highest BCUT2D eigenvalue weighted by Gasteiger charge is 2.31. The van der Waals surface area contributed by atoms with E-state index in [4.69, 9.17) is 0 Å². The molecule has 1 saturated carbocycles. The van der Waals surface area contributed by atoms with Gasteiger partial charge in [0.25, 0.3) is 0 Å². The summed E-state index contributed by atoms with van der Waals surface area (Å²) in [6.07, 6.45) is 7.98. The van der Waals surface area contributed by atoms with Crippen LogP contribution in [0.25, 0.3) is 0 Å². The van der Waals surface area contributed by atoms with Gasteiger partial charge in [-0.3, -0.25) is 0 Å². The highest BCUT2D eigenvalue weighted by atomic mass is 16.3. The van der Waals surface area contributed by atoms with Gasteiger partial charge in [0.05, 0.1) is 5.60 Å². The summed E-state index contributed by atoms with van der Waals surface area (Å²) >= 11 is 0. The topological polar surface area (TPSA) is 20.2 Å². The van der Waals surface area contributed by atoms with E-state index in [0.717, 1.165) is 31.6 Å². The lowest BCUT2D eigenvalue weighted by atomic mass is 9.76. The Morgan fingerprint density at radius 3 is 2.25 bits per heavy atom. The Balaban J connectivity index is 2.33. The molecule has 1 aliphatic carbocycles. The molecule has 1 aliphatic rings. The average molecular weight is 170 g/mol. The fourth-order valence-corrected chi connectivity index (χ4v) is 2.34. The van der Waals surface area contributed by atoms with Crippen molar-refractivity contribution in [3.63, 3.8) is 0 Å². The van der Waals surface area contributed by atoms with Crippen molar-refractivity contribution in [3.05, 3.63) is 0 Å². The van der Waals surface area contributed by atoms with E-state index in [1.165, 1.54) is 19.3 Å². The number of hydrogen-bond acceptors (Lipinski definition) is 1. The van der Waals surface area contributed by atoms with Gasteiger partial charge in [-0.15, -0.1) is 0 Å². The summed E-state index contributed by atoms with van der Waals surface area (Å²) < 4.78 is 0. The third kappa shape index (κ3) is 2.48. The molecule has 0 aliphatic heterocycles. The van der Waals surface area contributed by atoms with Gasteiger partial charge in [-0.1, -0.05) is 26.7 Å². The van der Waals surface area contributed by atoms with Gasteiger partial charge in [-0.2, -0.15) is 0 Å². The zero-order valence-corrected chi connectivity index (χ0v) is 8.47. The minimum atomic E-state index is -0.291. The van der Waals surface area contributed by atoms with Crippen molar-refractivity contribution < 1.29 is 5.11 Å². The largest absolute Gasteiger partial charge is 0.390 e. The fraction of sp³-hybridized carbons (Fsp3) is 1.00. The molecule has 0 aromatic rings. The van der Waals surface area contributed by atoms with Gasteiger partial charge < -0.3 is 5.11 Å². The van der Waals surface area contributed by atoms with E-state index in [2.05, 4.69) is 13.8 Å². The lowest BCUT2D eigenvalue weighted by molar-refractivity contribution is -0.0173. The molecule has 0 aromatic heterocycles. The highest BCUT2D eigenvalue weighted by Crippen LogP contribution is 2.36. The average Bonchev–Trinajstić information content (AvgIpc) is 2.06. The first-order valence-electron chi connectivity index (χ1n) is 5.42. The van der Waals surface area contributed by atoms with Crippen LogP contribution in [0.4, 0.5) is 0 Å². The van der Waals surface area contributed by atoms with Crippen LogP contribution in [-0.4, -0.2) is 10.7 Å². The molecule has 12 heavy (non-hydrogen) atoms. The molecule has 0 unspecified atom stereocenters. The molecule has 0 saturated heterocycles. The maximum Gasteiger partial charge on any atom is 0.0648 e. The van der Waals surface area contributed by atoms with Gasteiger partial charge >= 0.3 is 0 Å². The van der Waals surface area contributed by atoms with E-state index in [0.29, 0.717) is 0 Å². The Morgan fingerprint density at radius 1 is 1.25 bits per heavy atom. The molecular weight excluding hydrogens is 148 g/mol. The van der Waals surface area contributed by atoms with Crippen molar-refractivity contribution >= 4 is 0 Å². The Hall–Kier alpha value is -0.0400. The second-order valence-electron chi connectivity index (χ2n) is 4.33. The summed E-state index contributed by atoms with van der Waals surface area (Å²) in [5.41, 5.74) is -0.291. The Morgan fingerprint density at radius 2 is 1.83 bits per heavy atom. The SMILES string of the molecule is CCCC1(O)CCC(CC)CC1. The third-order valence-electron chi connectivity index (χ3n) is 3.33. The molecule has 0 bridgehead atoms. The van der Waals surface area contributed by atoms with E-state index in [1.807, 2.05) is 0 Å². The number of aliphatic hydroxyl groups is 1. The number of rotatable bonds is 3. The van der Waals surface area contributed by atoms with Gasteiger partial charge in [-0.05, 0) is 38.0 Å². The van der Waals surface area contributed by atoms with Crippen molar-refractivity contribution in [3.8, 4) is 0 Å². The van der Waals surface area contributed by atoms with E-state index >= 15 is 0 Å². The summed E-state index contributed by atoms with van der Waals surface area (Å²) in [6.45, 7) is 4.42. The Labute approximate surface area is 76.2 Å². The van der Waals surface area contributed by atoms with Crippen LogP contribution in [0.15, 0.2) is 0 Å². The molecule has 1 nitrogen and oxygen atoms in total. The van der Waals surface area contributed by atoms with Crippen molar-refractivity contribution in [2.75, 3.05) is 0 Å². The van der Waals surface area contributed by atoms with E-state index < -0.39 is 0 Å². The summed E-state index contributed by atoms with van der Waals surface area (Å²) in [5.74, 6) is 0.891. The predicted molar refractivity (Wildman–Crippen MR) is 52.1 cm³/mol. The minimum absolute atomic E-state index is 0.291. The van der Waals surface area contributed by atoms with E-state index in [9.17, 15) is 5.11 Å². The van der Waals surface area contributed by atoms with Crippen LogP contribution in [0.5, 0.6) is 0 Å². The molecule has 0 aromatic carbocycles. The first kappa shape index (κ1) is 10.0. The normalized spacial score (nSPS) is 36.8. The molecule has 1 fully saturated rings. The van der Waals surface area contributed by atoms with Crippen LogP contribution >= 0.6 is 0 Å². The molecule has 0 atom stereocenters. The van der Waals surface area contributed by atoms with Crippen molar-refractivity contribution in [1.82, 2.24) is 0 Å². The Kier molecular flexibility index (Phi) is 3.57. The van der Waals surface area contributed by atoms with Gasteiger partial charge in [-0.25, -0.2) is 0 Å². The number of hydrogen-bond donors (Lipinski definition) is 1. The van der Waals surface area contributed by atoms with Crippen molar-refractivity contribution in [2.24, 2.45) is 5.92 Å². The maximum atomic E-state index is 10.1. The Bertz CT molecular complexity index is 123. The smallest absolute Gasteiger partial charge is 0.0648 e. The molecule has 0 amide bonds. The molecule has 1 N–H and O–H groups in total. The first-order chi connectivity index (χ1) is 5.70. The van der Waals surface area contributed by atoms with Gasteiger partial charge in [0, 0.05) is 0 Å². The van der Waals surface area contributed by atoms with Crippen LogP contribution in [0.2, 0.25) is 0 Å². The summed E-state index contributed by atoms with van der Waals surface area (Å²) in [4.78, 5) is 0. The minimum Gasteiger partial charge on any atom is -0.390 e. The maximum absolute atomic E-state index is 10.1. The van der Waals surface area contributed by atoms with Gasteiger partial charge in [0.15, 0.2) is 0 Å². The molecule has 72 valence electrons. The van der Waals surface area contributed by atoms with Crippen molar-refractivity contribution in [1.29, 1.82) is 0 Å². The lowest BCUT2D eigenvalue weighted by Gasteiger charge is -2.35. The van der Waals surface area contributed by atoms with E-state index in [1.54, 1.807) is 0 Å².